The highest BCUT2D eigenvalue weighted by molar-refractivity contribution is 5.94. The highest BCUT2D eigenvalue weighted by Gasteiger charge is 2.44. The molecule has 1 atom stereocenters. The number of piperidine rings is 1. The van der Waals surface area contributed by atoms with Crippen LogP contribution in [-0.4, -0.2) is 59.6 Å². The van der Waals surface area contributed by atoms with E-state index in [0.29, 0.717) is 6.04 Å². The van der Waals surface area contributed by atoms with Crippen molar-refractivity contribution in [2.24, 2.45) is 0 Å². The number of benzene rings is 2. The van der Waals surface area contributed by atoms with Crippen LogP contribution in [0.4, 0.5) is 0 Å². The Labute approximate surface area is 198 Å². The minimum absolute atomic E-state index is 0.0701. The van der Waals surface area contributed by atoms with E-state index in [4.69, 9.17) is 9.47 Å². The molecule has 5 nitrogen and oxygen atoms in total. The molecule has 2 saturated heterocycles. The van der Waals surface area contributed by atoms with Gasteiger partial charge >= 0.3 is 0 Å². The quantitative estimate of drug-likeness (QED) is 0.625. The van der Waals surface area contributed by atoms with E-state index in [2.05, 4.69) is 49.1 Å². The van der Waals surface area contributed by atoms with Crippen LogP contribution in [0.1, 0.15) is 68.1 Å². The zero-order valence-electron chi connectivity index (χ0n) is 20.7. The third-order valence-corrected chi connectivity index (χ3v) is 6.93. The fourth-order valence-corrected chi connectivity index (χ4v) is 5.00. The SMILES string of the molecule is Cc1cc(C(=O)N2CCC3(CC2)CN(C(C)C)CC(c2ccccc2)O3)ccc1OC(C)C. The normalized spacial score (nSPS) is 21.1. The fraction of sp³-hybridized carbons (Fsp3) is 0.536. The molecule has 2 aromatic carbocycles. The largest absolute Gasteiger partial charge is 0.491 e. The van der Waals surface area contributed by atoms with Crippen LogP contribution in [0.3, 0.4) is 0 Å². The van der Waals surface area contributed by atoms with Crippen molar-refractivity contribution in [2.45, 2.75) is 71.3 Å². The Morgan fingerprint density at radius 3 is 2.36 bits per heavy atom. The summed E-state index contributed by atoms with van der Waals surface area (Å²) in [5.74, 6) is 0.940. The predicted octanol–water partition coefficient (Wildman–Crippen LogP) is 5.24. The van der Waals surface area contributed by atoms with Crippen LogP contribution < -0.4 is 4.74 Å². The molecule has 2 aliphatic rings. The van der Waals surface area contributed by atoms with Crippen LogP contribution >= 0.6 is 0 Å². The van der Waals surface area contributed by atoms with Crippen LogP contribution in [0, 0.1) is 6.92 Å². The number of likely N-dealkylation sites (tertiary alicyclic amines) is 1. The van der Waals surface area contributed by atoms with Crippen LogP contribution in [0.25, 0.3) is 0 Å². The second kappa shape index (κ2) is 9.86. The van der Waals surface area contributed by atoms with Gasteiger partial charge in [0.15, 0.2) is 0 Å². The summed E-state index contributed by atoms with van der Waals surface area (Å²) in [6.07, 6.45) is 1.90. The van der Waals surface area contributed by atoms with Crippen molar-refractivity contribution >= 4 is 5.91 Å². The molecule has 0 aromatic heterocycles. The van der Waals surface area contributed by atoms with Crippen LogP contribution in [0.15, 0.2) is 48.5 Å². The van der Waals surface area contributed by atoms with Gasteiger partial charge in [-0.1, -0.05) is 30.3 Å². The van der Waals surface area contributed by atoms with Crippen molar-refractivity contribution in [3.63, 3.8) is 0 Å². The Morgan fingerprint density at radius 2 is 1.76 bits per heavy atom. The average molecular weight is 451 g/mol. The number of aryl methyl sites for hydroxylation is 1. The molecule has 0 radical (unpaired) electrons. The first-order chi connectivity index (χ1) is 15.8. The third kappa shape index (κ3) is 5.42. The van der Waals surface area contributed by atoms with E-state index in [1.54, 1.807) is 0 Å². The van der Waals surface area contributed by atoms with E-state index >= 15 is 0 Å². The number of amides is 1. The lowest BCUT2D eigenvalue weighted by Gasteiger charge is -2.51. The molecule has 1 spiro atoms. The van der Waals surface area contributed by atoms with E-state index in [1.165, 1.54) is 5.56 Å². The van der Waals surface area contributed by atoms with Crippen LogP contribution in [0.5, 0.6) is 5.75 Å². The van der Waals surface area contributed by atoms with Crippen molar-refractivity contribution in [3.05, 3.63) is 65.2 Å². The van der Waals surface area contributed by atoms with Gasteiger partial charge in [0.25, 0.3) is 5.91 Å². The van der Waals surface area contributed by atoms with Crippen LogP contribution in [-0.2, 0) is 4.74 Å². The number of hydrogen-bond acceptors (Lipinski definition) is 4. The molecule has 0 aliphatic carbocycles. The third-order valence-electron chi connectivity index (χ3n) is 6.93. The summed E-state index contributed by atoms with van der Waals surface area (Å²) in [6, 6.07) is 16.8. The Morgan fingerprint density at radius 1 is 1.06 bits per heavy atom. The molecule has 4 rings (SSSR count). The summed E-state index contributed by atoms with van der Waals surface area (Å²) < 4.78 is 12.6. The molecule has 2 heterocycles. The first-order valence-electron chi connectivity index (χ1n) is 12.3. The lowest BCUT2D eigenvalue weighted by molar-refractivity contribution is -0.180. The van der Waals surface area contributed by atoms with Gasteiger partial charge in [0, 0.05) is 37.8 Å². The minimum atomic E-state index is -0.204. The highest BCUT2D eigenvalue weighted by Crippen LogP contribution is 2.38. The molecule has 33 heavy (non-hydrogen) atoms. The topological polar surface area (TPSA) is 42.0 Å². The van der Waals surface area contributed by atoms with Crippen LogP contribution in [0.2, 0.25) is 0 Å². The Hall–Kier alpha value is -2.37. The Balaban J connectivity index is 1.45. The summed E-state index contributed by atoms with van der Waals surface area (Å²) >= 11 is 0. The summed E-state index contributed by atoms with van der Waals surface area (Å²) in [5, 5.41) is 0. The molecule has 2 aliphatic heterocycles. The van der Waals surface area contributed by atoms with Crippen molar-refractivity contribution in [1.29, 1.82) is 0 Å². The summed E-state index contributed by atoms with van der Waals surface area (Å²) in [7, 11) is 0. The second-order valence-corrected chi connectivity index (χ2v) is 10.2. The number of carbonyl (C=O) groups is 1. The van der Waals surface area contributed by atoms with Crippen molar-refractivity contribution < 1.29 is 14.3 Å². The van der Waals surface area contributed by atoms with Gasteiger partial charge in [-0.05, 0) is 76.8 Å². The van der Waals surface area contributed by atoms with Crippen molar-refractivity contribution in [1.82, 2.24) is 9.80 Å². The van der Waals surface area contributed by atoms with Gasteiger partial charge in [0.05, 0.1) is 17.8 Å². The van der Waals surface area contributed by atoms with Gasteiger partial charge in [-0.25, -0.2) is 0 Å². The number of ether oxygens (including phenoxy) is 2. The molecule has 1 unspecified atom stereocenters. The minimum Gasteiger partial charge on any atom is -0.491 e. The van der Waals surface area contributed by atoms with Crippen molar-refractivity contribution in [3.8, 4) is 5.75 Å². The lowest BCUT2D eigenvalue weighted by Crippen LogP contribution is -2.59. The smallest absolute Gasteiger partial charge is 0.253 e. The molecular formula is C28H38N2O3. The van der Waals surface area contributed by atoms with E-state index in [0.717, 1.165) is 55.9 Å². The number of rotatable bonds is 5. The van der Waals surface area contributed by atoms with Gasteiger partial charge in [-0.2, -0.15) is 0 Å². The molecule has 0 saturated carbocycles. The standard InChI is InChI=1S/C28H38N2O3/c1-20(2)30-18-26(23-9-7-6-8-10-23)33-28(19-30)13-15-29(16-14-28)27(31)24-11-12-25(22(5)17-24)32-21(3)4/h6-12,17,20-21,26H,13-16,18-19H2,1-5H3. The first-order valence-corrected chi connectivity index (χ1v) is 12.3. The monoisotopic (exact) mass is 450 g/mol. The number of carbonyl (C=O) groups excluding carboxylic acids is 1. The molecule has 1 amide bonds. The second-order valence-electron chi connectivity index (χ2n) is 10.2. The maximum Gasteiger partial charge on any atom is 0.253 e. The number of nitrogens with zero attached hydrogens (tertiary/aromatic N) is 2. The van der Waals surface area contributed by atoms with E-state index in [-0.39, 0.29) is 23.7 Å². The lowest BCUT2D eigenvalue weighted by atomic mass is 9.87. The number of morpholine rings is 1. The highest BCUT2D eigenvalue weighted by atomic mass is 16.5. The van der Waals surface area contributed by atoms with Gasteiger partial charge in [0.1, 0.15) is 5.75 Å². The number of hydrogen-bond donors (Lipinski definition) is 0. The summed E-state index contributed by atoms with van der Waals surface area (Å²) in [5.41, 5.74) is 2.76. The van der Waals surface area contributed by atoms with E-state index < -0.39 is 0 Å². The average Bonchev–Trinajstić information content (AvgIpc) is 2.80. The fourth-order valence-electron chi connectivity index (χ4n) is 5.00. The Kier molecular flexibility index (Phi) is 7.10. The molecule has 5 heteroatoms. The van der Waals surface area contributed by atoms with Crippen molar-refractivity contribution in [2.75, 3.05) is 26.2 Å². The van der Waals surface area contributed by atoms with Gasteiger partial charge in [0.2, 0.25) is 0 Å². The maximum atomic E-state index is 13.2. The molecule has 178 valence electrons. The van der Waals surface area contributed by atoms with E-state index in [9.17, 15) is 4.79 Å². The maximum absolute atomic E-state index is 13.2. The zero-order valence-corrected chi connectivity index (χ0v) is 20.7. The van der Waals surface area contributed by atoms with Gasteiger partial charge in [-0.15, -0.1) is 0 Å². The van der Waals surface area contributed by atoms with E-state index in [1.807, 2.05) is 43.9 Å². The zero-order chi connectivity index (χ0) is 23.6. The molecule has 0 N–H and O–H groups in total. The van der Waals surface area contributed by atoms with Gasteiger partial charge < -0.3 is 14.4 Å². The Bertz CT molecular complexity index is 949. The molecule has 0 bridgehead atoms. The molecule has 2 fully saturated rings. The van der Waals surface area contributed by atoms with Gasteiger partial charge in [-0.3, -0.25) is 9.69 Å². The molecule has 2 aromatic rings. The summed E-state index contributed by atoms with van der Waals surface area (Å²) in [6.45, 7) is 13.8. The summed E-state index contributed by atoms with van der Waals surface area (Å²) in [4.78, 5) is 17.8. The predicted molar refractivity (Wildman–Crippen MR) is 132 cm³/mol. The molecular weight excluding hydrogens is 412 g/mol. The first kappa shape index (κ1) is 23.8.